The van der Waals surface area contributed by atoms with Crippen LogP contribution in [0.4, 0.5) is 4.79 Å². The lowest BCUT2D eigenvalue weighted by molar-refractivity contribution is -0.140. The maximum Gasteiger partial charge on any atom is 0.327 e. The van der Waals surface area contributed by atoms with E-state index in [9.17, 15) is 14.4 Å². The Bertz CT molecular complexity index is 364. The molecule has 1 aliphatic heterocycles. The quantitative estimate of drug-likeness (QED) is 0.665. The maximum atomic E-state index is 11.9. The van der Waals surface area contributed by atoms with Crippen molar-refractivity contribution in [3.63, 3.8) is 0 Å². The molecule has 7 nitrogen and oxygen atoms in total. The van der Waals surface area contributed by atoms with Gasteiger partial charge >= 0.3 is 12.0 Å². The molecule has 0 aromatic heterocycles. The van der Waals surface area contributed by atoms with Gasteiger partial charge in [-0.05, 0) is 13.3 Å². The van der Waals surface area contributed by atoms with Crippen molar-refractivity contribution in [2.75, 3.05) is 18.2 Å². The zero-order valence-corrected chi connectivity index (χ0v) is 11.8. The molecular weight excluding hydrogens is 270 g/mol. The van der Waals surface area contributed by atoms with Crippen LogP contribution in [-0.4, -0.2) is 58.2 Å². The molecule has 0 spiro atoms. The fourth-order valence-corrected chi connectivity index (χ4v) is 2.73. The minimum absolute atomic E-state index is 0.270. The van der Waals surface area contributed by atoms with Gasteiger partial charge in [0.1, 0.15) is 12.1 Å². The summed E-state index contributed by atoms with van der Waals surface area (Å²) in [5.41, 5.74) is 0. The third-order valence-electron chi connectivity index (χ3n) is 2.71. The predicted octanol–water partition coefficient (Wildman–Crippen LogP) is 0.0702. The van der Waals surface area contributed by atoms with Gasteiger partial charge in [-0.2, -0.15) is 0 Å². The van der Waals surface area contributed by atoms with E-state index in [1.807, 2.05) is 6.92 Å². The Labute approximate surface area is 116 Å². The molecule has 1 rings (SSSR count). The van der Waals surface area contributed by atoms with Crippen molar-refractivity contribution >= 4 is 29.7 Å². The van der Waals surface area contributed by atoms with E-state index in [0.717, 1.165) is 6.42 Å². The highest BCUT2D eigenvalue weighted by molar-refractivity contribution is 7.99. The number of amides is 3. The van der Waals surface area contributed by atoms with Gasteiger partial charge in [-0.15, -0.1) is 11.8 Å². The zero-order chi connectivity index (χ0) is 14.4. The van der Waals surface area contributed by atoms with Crippen LogP contribution in [0.15, 0.2) is 0 Å². The first-order valence-corrected chi connectivity index (χ1v) is 7.28. The number of carboxylic acid groups (broad SMARTS) is 1. The standard InChI is InChI=1S/C11H19N3O4S/c1-3-4-12-9(15)7(2)13-11(18)14-6-19-5-8(14)10(16)17/h7-8H,3-6H2,1-2H3,(H,12,15)(H,13,18)(H,16,17). The SMILES string of the molecule is CCCNC(=O)C(C)NC(=O)N1CSCC1C(=O)O. The molecule has 0 saturated carbocycles. The Morgan fingerprint density at radius 3 is 2.74 bits per heavy atom. The lowest BCUT2D eigenvalue weighted by atomic mass is 10.3. The third-order valence-corrected chi connectivity index (χ3v) is 3.72. The lowest BCUT2D eigenvalue weighted by Crippen LogP contribution is -2.52. The normalized spacial score (nSPS) is 19.9. The van der Waals surface area contributed by atoms with Gasteiger partial charge in [-0.1, -0.05) is 6.92 Å². The van der Waals surface area contributed by atoms with Crippen LogP contribution < -0.4 is 10.6 Å². The van der Waals surface area contributed by atoms with E-state index >= 15 is 0 Å². The second kappa shape index (κ2) is 7.22. The Balaban J connectivity index is 2.50. The maximum absolute atomic E-state index is 11.9. The molecule has 0 radical (unpaired) electrons. The van der Waals surface area contributed by atoms with Gasteiger partial charge in [-0.25, -0.2) is 9.59 Å². The summed E-state index contributed by atoms with van der Waals surface area (Å²) in [7, 11) is 0. The second-order valence-electron chi connectivity index (χ2n) is 4.29. The zero-order valence-electron chi connectivity index (χ0n) is 11.0. The molecule has 0 aromatic carbocycles. The molecule has 0 aliphatic carbocycles. The van der Waals surface area contributed by atoms with E-state index in [1.54, 1.807) is 6.92 Å². The fourth-order valence-electron chi connectivity index (χ4n) is 1.58. The predicted molar refractivity (Wildman–Crippen MR) is 71.9 cm³/mol. The summed E-state index contributed by atoms with van der Waals surface area (Å²) in [5.74, 6) is -0.595. The summed E-state index contributed by atoms with van der Waals surface area (Å²) in [6.07, 6.45) is 0.816. The van der Waals surface area contributed by atoms with Crippen LogP contribution in [0.5, 0.6) is 0 Å². The van der Waals surface area contributed by atoms with Crippen molar-refractivity contribution in [2.24, 2.45) is 0 Å². The number of urea groups is 1. The number of hydrogen-bond donors (Lipinski definition) is 3. The van der Waals surface area contributed by atoms with E-state index in [1.165, 1.54) is 16.7 Å². The Morgan fingerprint density at radius 1 is 1.47 bits per heavy atom. The average Bonchev–Trinajstić information content (AvgIpc) is 2.84. The molecule has 0 aromatic rings. The number of carbonyl (C=O) groups excluding carboxylic acids is 2. The smallest absolute Gasteiger partial charge is 0.327 e. The van der Waals surface area contributed by atoms with Gasteiger partial charge in [-0.3, -0.25) is 4.79 Å². The molecule has 0 bridgehead atoms. The van der Waals surface area contributed by atoms with E-state index in [0.29, 0.717) is 18.2 Å². The second-order valence-corrected chi connectivity index (χ2v) is 5.29. The van der Waals surface area contributed by atoms with Crippen LogP contribution in [0.25, 0.3) is 0 Å². The molecule has 2 atom stereocenters. The summed E-state index contributed by atoms with van der Waals surface area (Å²) < 4.78 is 0. The first kappa shape index (κ1) is 15.6. The van der Waals surface area contributed by atoms with Crippen molar-refractivity contribution in [3.05, 3.63) is 0 Å². The minimum atomic E-state index is -1.02. The van der Waals surface area contributed by atoms with Crippen molar-refractivity contribution in [2.45, 2.75) is 32.4 Å². The molecule has 8 heteroatoms. The molecule has 1 fully saturated rings. The summed E-state index contributed by atoms with van der Waals surface area (Å²) in [5, 5.41) is 14.2. The van der Waals surface area contributed by atoms with Crippen LogP contribution in [-0.2, 0) is 9.59 Å². The molecule has 3 N–H and O–H groups in total. The molecule has 1 saturated heterocycles. The van der Waals surface area contributed by atoms with E-state index < -0.39 is 24.1 Å². The number of carbonyl (C=O) groups is 3. The molecule has 2 unspecified atom stereocenters. The van der Waals surface area contributed by atoms with E-state index in [2.05, 4.69) is 10.6 Å². The molecule has 108 valence electrons. The van der Waals surface area contributed by atoms with Gasteiger partial charge < -0.3 is 20.6 Å². The van der Waals surface area contributed by atoms with Crippen LogP contribution in [0, 0.1) is 0 Å². The van der Waals surface area contributed by atoms with Crippen LogP contribution in [0.3, 0.4) is 0 Å². The first-order chi connectivity index (χ1) is 8.97. The van der Waals surface area contributed by atoms with Gasteiger partial charge in [0.2, 0.25) is 5.91 Å². The monoisotopic (exact) mass is 289 g/mol. The number of nitrogens with one attached hydrogen (secondary N) is 2. The van der Waals surface area contributed by atoms with Gasteiger partial charge in [0.05, 0.1) is 5.88 Å². The topological polar surface area (TPSA) is 98.7 Å². The van der Waals surface area contributed by atoms with Crippen molar-refractivity contribution in [1.82, 2.24) is 15.5 Å². The fraction of sp³-hybridized carbons (Fsp3) is 0.727. The van der Waals surface area contributed by atoms with Crippen molar-refractivity contribution < 1.29 is 19.5 Å². The summed E-state index contributed by atoms with van der Waals surface area (Å²) in [4.78, 5) is 35.7. The van der Waals surface area contributed by atoms with Crippen LogP contribution in [0.2, 0.25) is 0 Å². The highest BCUT2D eigenvalue weighted by atomic mass is 32.2. The molecule has 1 heterocycles. The molecular formula is C11H19N3O4S. The number of carboxylic acids is 1. The Hall–Kier alpha value is -1.44. The highest BCUT2D eigenvalue weighted by Gasteiger charge is 2.35. The lowest BCUT2D eigenvalue weighted by Gasteiger charge is -2.23. The minimum Gasteiger partial charge on any atom is -0.480 e. The van der Waals surface area contributed by atoms with E-state index in [4.69, 9.17) is 5.11 Å². The Kier molecular flexibility index (Phi) is 5.94. The Morgan fingerprint density at radius 2 is 2.16 bits per heavy atom. The van der Waals surface area contributed by atoms with Crippen molar-refractivity contribution in [1.29, 1.82) is 0 Å². The third kappa shape index (κ3) is 4.30. The summed E-state index contributed by atoms with van der Waals surface area (Å²) in [6.45, 7) is 4.06. The molecule has 1 aliphatic rings. The van der Waals surface area contributed by atoms with Crippen LogP contribution >= 0.6 is 11.8 Å². The first-order valence-electron chi connectivity index (χ1n) is 6.12. The van der Waals surface area contributed by atoms with Crippen LogP contribution in [0.1, 0.15) is 20.3 Å². The largest absolute Gasteiger partial charge is 0.480 e. The summed E-state index contributed by atoms with van der Waals surface area (Å²) >= 11 is 1.38. The van der Waals surface area contributed by atoms with Gasteiger partial charge in [0.25, 0.3) is 0 Å². The average molecular weight is 289 g/mol. The summed E-state index contributed by atoms with van der Waals surface area (Å²) in [6, 6.07) is -2.02. The van der Waals surface area contributed by atoms with E-state index in [-0.39, 0.29) is 5.91 Å². The number of aliphatic carboxylic acids is 1. The van der Waals surface area contributed by atoms with Crippen molar-refractivity contribution in [3.8, 4) is 0 Å². The molecule has 19 heavy (non-hydrogen) atoms. The van der Waals surface area contributed by atoms with Gasteiger partial charge in [0, 0.05) is 12.3 Å². The number of nitrogens with zero attached hydrogens (tertiary/aromatic N) is 1. The highest BCUT2D eigenvalue weighted by Crippen LogP contribution is 2.20. The molecule has 3 amide bonds. The number of hydrogen-bond acceptors (Lipinski definition) is 4. The number of rotatable bonds is 5. The van der Waals surface area contributed by atoms with Gasteiger partial charge in [0.15, 0.2) is 0 Å². The number of thioether (sulfide) groups is 1.